The van der Waals surface area contributed by atoms with E-state index < -0.39 is 5.79 Å². The molecule has 0 aromatic carbocycles. The fourth-order valence-corrected chi connectivity index (χ4v) is 1.20. The molecule has 12 heavy (non-hydrogen) atoms. The molecule has 0 bridgehead atoms. The molecule has 4 heteroatoms. The number of rotatable bonds is 3. The van der Waals surface area contributed by atoms with Gasteiger partial charge in [-0.05, 0) is 6.08 Å². The molecule has 0 amide bonds. The Hall–Kier alpha value is -0.580. The van der Waals surface area contributed by atoms with E-state index in [1.165, 1.54) is 7.11 Å². The van der Waals surface area contributed by atoms with Gasteiger partial charge in [-0.2, -0.15) is 0 Å². The molecule has 0 spiro atoms. The first-order chi connectivity index (χ1) is 5.65. The third-order valence-electron chi connectivity index (χ3n) is 2.09. The summed E-state index contributed by atoms with van der Waals surface area (Å²) in [7, 11) is 1.47. The highest BCUT2D eigenvalue weighted by Gasteiger charge is 2.43. The molecule has 0 aromatic heterocycles. The highest BCUT2D eigenvalue weighted by atomic mass is 16.7. The number of aliphatic hydroxyl groups excluding tert-OH is 1. The summed E-state index contributed by atoms with van der Waals surface area (Å²) in [5.74, 6) is -1.45. The van der Waals surface area contributed by atoms with Crippen LogP contribution < -0.4 is 0 Å². The van der Waals surface area contributed by atoms with Crippen molar-refractivity contribution in [3.05, 3.63) is 11.8 Å². The van der Waals surface area contributed by atoms with Crippen LogP contribution in [0.2, 0.25) is 0 Å². The predicted octanol–water partition coefficient (Wildman–Crippen LogP) is -0.136. The van der Waals surface area contributed by atoms with Crippen LogP contribution in [-0.4, -0.2) is 36.3 Å². The second-order valence-corrected chi connectivity index (χ2v) is 2.86. The van der Waals surface area contributed by atoms with Crippen LogP contribution in [0.1, 0.15) is 6.92 Å². The van der Waals surface area contributed by atoms with Crippen LogP contribution in [0.15, 0.2) is 11.8 Å². The smallest absolute Gasteiger partial charge is 0.230 e. The number of hydrogen-bond donors (Lipinski definition) is 2. The van der Waals surface area contributed by atoms with Crippen LogP contribution >= 0.6 is 0 Å². The molecule has 70 valence electrons. The Morgan fingerprint density at radius 3 is 3.00 bits per heavy atom. The van der Waals surface area contributed by atoms with Crippen LogP contribution in [0.25, 0.3) is 0 Å². The minimum absolute atomic E-state index is 0.142. The van der Waals surface area contributed by atoms with E-state index in [2.05, 4.69) is 0 Å². The van der Waals surface area contributed by atoms with E-state index in [0.717, 1.165) is 0 Å². The summed E-state index contributed by atoms with van der Waals surface area (Å²) in [4.78, 5) is 0. The molecule has 0 aromatic rings. The van der Waals surface area contributed by atoms with Gasteiger partial charge in [-0.15, -0.1) is 0 Å². The van der Waals surface area contributed by atoms with Crippen LogP contribution in [-0.2, 0) is 9.47 Å². The predicted molar refractivity (Wildman–Crippen MR) is 42.2 cm³/mol. The van der Waals surface area contributed by atoms with Crippen LogP contribution in [0, 0.1) is 5.92 Å². The molecule has 0 saturated carbocycles. The zero-order valence-corrected chi connectivity index (χ0v) is 7.28. The molecule has 0 aliphatic carbocycles. The first kappa shape index (κ1) is 9.51. The van der Waals surface area contributed by atoms with E-state index in [4.69, 9.17) is 14.6 Å². The summed E-state index contributed by atoms with van der Waals surface area (Å²) in [6, 6.07) is 0. The van der Waals surface area contributed by atoms with Crippen molar-refractivity contribution in [1.82, 2.24) is 0 Å². The Morgan fingerprint density at radius 1 is 1.83 bits per heavy atom. The quantitative estimate of drug-likeness (QED) is 0.625. The van der Waals surface area contributed by atoms with Crippen LogP contribution in [0.4, 0.5) is 0 Å². The first-order valence-electron chi connectivity index (χ1n) is 3.87. The lowest BCUT2D eigenvalue weighted by molar-refractivity contribution is -0.211. The standard InChI is InChI=1S/C8H14O4/c1-6(5-9)8(10)7(11-2)3-4-12-8/h3,6,9-10H,4-5H2,1-2H3. The second-order valence-electron chi connectivity index (χ2n) is 2.86. The van der Waals surface area contributed by atoms with Crippen molar-refractivity contribution in [3.8, 4) is 0 Å². The van der Waals surface area contributed by atoms with Crippen molar-refractivity contribution in [2.24, 2.45) is 5.92 Å². The number of methoxy groups -OCH3 is 1. The molecule has 1 rings (SSSR count). The summed E-state index contributed by atoms with van der Waals surface area (Å²) in [5, 5.41) is 18.7. The van der Waals surface area contributed by atoms with Crippen molar-refractivity contribution in [3.63, 3.8) is 0 Å². The number of hydrogen-bond acceptors (Lipinski definition) is 4. The van der Waals surface area contributed by atoms with Gasteiger partial charge in [0.05, 0.1) is 20.3 Å². The third-order valence-corrected chi connectivity index (χ3v) is 2.09. The summed E-state index contributed by atoms with van der Waals surface area (Å²) in [6.45, 7) is 1.87. The minimum Gasteiger partial charge on any atom is -0.496 e. The molecule has 2 N–H and O–H groups in total. The molecule has 0 radical (unpaired) electrons. The van der Waals surface area contributed by atoms with Crippen molar-refractivity contribution < 1.29 is 19.7 Å². The van der Waals surface area contributed by atoms with Crippen molar-refractivity contribution in [2.75, 3.05) is 20.3 Å². The molecule has 4 nitrogen and oxygen atoms in total. The van der Waals surface area contributed by atoms with Crippen LogP contribution in [0.3, 0.4) is 0 Å². The van der Waals surface area contributed by atoms with Crippen molar-refractivity contribution >= 4 is 0 Å². The van der Waals surface area contributed by atoms with E-state index >= 15 is 0 Å². The molecule has 0 fully saturated rings. The average molecular weight is 174 g/mol. The van der Waals surface area contributed by atoms with E-state index in [9.17, 15) is 5.11 Å². The highest BCUT2D eigenvalue weighted by molar-refractivity contribution is 5.12. The fourth-order valence-electron chi connectivity index (χ4n) is 1.20. The van der Waals surface area contributed by atoms with Gasteiger partial charge >= 0.3 is 0 Å². The molecule has 1 aliphatic rings. The monoisotopic (exact) mass is 174 g/mol. The largest absolute Gasteiger partial charge is 0.496 e. The fraction of sp³-hybridized carbons (Fsp3) is 0.750. The maximum absolute atomic E-state index is 9.84. The van der Waals surface area contributed by atoms with Gasteiger partial charge in [0.2, 0.25) is 5.79 Å². The van der Waals surface area contributed by atoms with Gasteiger partial charge in [0.15, 0.2) is 5.76 Å². The summed E-state index contributed by atoms with van der Waals surface area (Å²) >= 11 is 0. The molecule has 1 aliphatic heterocycles. The van der Waals surface area contributed by atoms with Gasteiger partial charge in [-0.3, -0.25) is 0 Å². The maximum atomic E-state index is 9.84. The van der Waals surface area contributed by atoms with Gasteiger partial charge < -0.3 is 19.7 Å². The Kier molecular flexibility index (Phi) is 2.72. The summed E-state index contributed by atoms with van der Waals surface area (Å²) in [6.07, 6.45) is 1.66. The molecular weight excluding hydrogens is 160 g/mol. The van der Waals surface area contributed by atoms with Gasteiger partial charge in [-0.25, -0.2) is 0 Å². The summed E-state index contributed by atoms with van der Waals surface area (Å²) in [5.41, 5.74) is 0. The van der Waals surface area contributed by atoms with E-state index in [-0.39, 0.29) is 12.5 Å². The normalized spacial score (nSPS) is 31.5. The van der Waals surface area contributed by atoms with Gasteiger partial charge in [0.25, 0.3) is 0 Å². The van der Waals surface area contributed by atoms with Crippen molar-refractivity contribution in [1.29, 1.82) is 0 Å². The maximum Gasteiger partial charge on any atom is 0.230 e. The average Bonchev–Trinajstić information content (AvgIpc) is 2.46. The Balaban J connectivity index is 2.77. The van der Waals surface area contributed by atoms with E-state index in [0.29, 0.717) is 12.4 Å². The zero-order chi connectivity index (χ0) is 9.19. The lowest BCUT2D eigenvalue weighted by atomic mass is 10.0. The van der Waals surface area contributed by atoms with E-state index in [1.54, 1.807) is 13.0 Å². The van der Waals surface area contributed by atoms with Gasteiger partial charge in [0, 0.05) is 5.92 Å². The molecule has 0 saturated heterocycles. The topological polar surface area (TPSA) is 58.9 Å². The zero-order valence-electron chi connectivity index (χ0n) is 7.28. The second kappa shape index (κ2) is 3.43. The van der Waals surface area contributed by atoms with E-state index in [1.807, 2.05) is 0 Å². The SMILES string of the molecule is COC1=CCOC1(O)C(C)CO. The Bertz CT molecular complexity index is 189. The van der Waals surface area contributed by atoms with Gasteiger partial charge in [-0.1, -0.05) is 6.92 Å². The molecular formula is C8H14O4. The minimum atomic E-state index is -1.44. The lowest BCUT2D eigenvalue weighted by Gasteiger charge is -2.29. The first-order valence-corrected chi connectivity index (χ1v) is 3.87. The third kappa shape index (κ3) is 1.33. The number of aliphatic hydroxyl groups is 2. The Morgan fingerprint density at radius 2 is 2.50 bits per heavy atom. The molecule has 2 atom stereocenters. The van der Waals surface area contributed by atoms with Crippen LogP contribution in [0.5, 0.6) is 0 Å². The lowest BCUT2D eigenvalue weighted by Crippen LogP contribution is -2.40. The highest BCUT2D eigenvalue weighted by Crippen LogP contribution is 2.31. The molecule has 2 unspecified atom stereocenters. The summed E-state index contributed by atoms with van der Waals surface area (Å²) < 4.78 is 10.00. The van der Waals surface area contributed by atoms with Crippen molar-refractivity contribution in [2.45, 2.75) is 12.7 Å². The van der Waals surface area contributed by atoms with Gasteiger partial charge in [0.1, 0.15) is 0 Å². The number of ether oxygens (including phenoxy) is 2. The molecule has 1 heterocycles. The Labute approximate surface area is 71.4 Å².